The third kappa shape index (κ3) is 4.73. The fourth-order valence-corrected chi connectivity index (χ4v) is 2.99. The number of nitrogens with zero attached hydrogens (tertiary/aromatic N) is 1. The van der Waals surface area contributed by atoms with Crippen LogP contribution in [-0.2, 0) is 6.61 Å². The molecule has 140 valence electrons. The molecular weight excluding hydrogens is 370 g/mol. The van der Waals surface area contributed by atoms with Gasteiger partial charge in [0.1, 0.15) is 6.61 Å². The maximum atomic E-state index is 9.54. The first-order valence-electron chi connectivity index (χ1n) is 8.84. The molecule has 4 heteroatoms. The van der Waals surface area contributed by atoms with E-state index in [0.29, 0.717) is 34.3 Å². The van der Waals surface area contributed by atoms with Crippen molar-refractivity contribution in [3.8, 4) is 17.6 Å². The number of benzene rings is 3. The Kier molecular flexibility index (Phi) is 6.37. The zero-order chi connectivity index (χ0) is 19.9. The summed E-state index contributed by atoms with van der Waals surface area (Å²) in [6, 6.07) is 23.3. The molecule has 0 saturated heterocycles. The Morgan fingerprint density at radius 1 is 1.04 bits per heavy atom. The average molecular weight is 390 g/mol. The smallest absolute Gasteiger partial charge is 0.161 e. The standard InChI is InChI=1S/C24H20ClNO2/c1-17-7-9-18(10-8-17)16-28-23-12-11-19(14-24(23)27-2)13-20(15-26)21-5-3-4-6-22(21)25/h3-14H,16H2,1-2H3. The van der Waals surface area contributed by atoms with Crippen molar-refractivity contribution in [3.05, 3.63) is 94.0 Å². The number of halogens is 1. The molecule has 0 aliphatic carbocycles. The molecule has 0 amide bonds. The third-order valence-corrected chi connectivity index (χ3v) is 4.63. The van der Waals surface area contributed by atoms with Crippen molar-refractivity contribution in [1.82, 2.24) is 0 Å². The summed E-state index contributed by atoms with van der Waals surface area (Å²) >= 11 is 6.22. The first-order chi connectivity index (χ1) is 13.6. The van der Waals surface area contributed by atoms with Crippen molar-refractivity contribution < 1.29 is 9.47 Å². The SMILES string of the molecule is COc1cc(C=C(C#N)c2ccccc2Cl)ccc1OCc1ccc(C)cc1. The van der Waals surface area contributed by atoms with Gasteiger partial charge in [-0.2, -0.15) is 5.26 Å². The normalized spacial score (nSPS) is 11.0. The van der Waals surface area contributed by atoms with Gasteiger partial charge in [0.15, 0.2) is 11.5 Å². The summed E-state index contributed by atoms with van der Waals surface area (Å²) in [5.41, 5.74) is 4.31. The number of hydrogen-bond acceptors (Lipinski definition) is 3. The quantitative estimate of drug-likeness (QED) is 0.367. The van der Waals surface area contributed by atoms with Crippen LogP contribution in [-0.4, -0.2) is 7.11 Å². The number of ether oxygens (including phenoxy) is 2. The highest BCUT2D eigenvalue weighted by Crippen LogP contribution is 2.31. The highest BCUT2D eigenvalue weighted by atomic mass is 35.5. The predicted molar refractivity (Wildman–Crippen MR) is 113 cm³/mol. The van der Waals surface area contributed by atoms with Gasteiger partial charge in [-0.3, -0.25) is 0 Å². The Morgan fingerprint density at radius 2 is 1.79 bits per heavy atom. The fourth-order valence-electron chi connectivity index (χ4n) is 2.76. The minimum absolute atomic E-state index is 0.453. The second kappa shape index (κ2) is 9.12. The van der Waals surface area contributed by atoms with Crippen molar-refractivity contribution in [2.24, 2.45) is 0 Å². The van der Waals surface area contributed by atoms with Gasteiger partial charge in [0.2, 0.25) is 0 Å². The molecule has 0 spiro atoms. The van der Waals surface area contributed by atoms with E-state index in [4.69, 9.17) is 21.1 Å². The topological polar surface area (TPSA) is 42.2 Å². The molecule has 3 nitrogen and oxygen atoms in total. The Morgan fingerprint density at radius 3 is 2.46 bits per heavy atom. The van der Waals surface area contributed by atoms with Crippen molar-refractivity contribution in [1.29, 1.82) is 5.26 Å². The van der Waals surface area contributed by atoms with Crippen LogP contribution in [0.2, 0.25) is 5.02 Å². The summed E-state index contributed by atoms with van der Waals surface area (Å²) < 4.78 is 11.4. The van der Waals surface area contributed by atoms with Crippen LogP contribution in [0.25, 0.3) is 11.6 Å². The van der Waals surface area contributed by atoms with Crippen molar-refractivity contribution >= 4 is 23.3 Å². The number of hydrogen-bond donors (Lipinski definition) is 0. The summed E-state index contributed by atoms with van der Waals surface area (Å²) in [6.45, 7) is 2.51. The molecule has 0 saturated carbocycles. The summed E-state index contributed by atoms with van der Waals surface area (Å²) in [5, 5.41) is 10.1. The molecule has 3 aromatic rings. The van der Waals surface area contributed by atoms with Crippen molar-refractivity contribution in [2.45, 2.75) is 13.5 Å². The van der Waals surface area contributed by atoms with Crippen molar-refractivity contribution in [3.63, 3.8) is 0 Å². The van der Waals surface area contributed by atoms with E-state index in [1.54, 1.807) is 19.3 Å². The Hall–Kier alpha value is -3.22. The fraction of sp³-hybridized carbons (Fsp3) is 0.125. The monoisotopic (exact) mass is 389 g/mol. The molecular formula is C24H20ClNO2. The van der Waals surface area contributed by atoms with Crippen molar-refractivity contribution in [2.75, 3.05) is 7.11 Å². The number of allylic oxidation sites excluding steroid dienone is 1. The molecule has 3 rings (SSSR count). The van der Waals surface area contributed by atoms with Gasteiger partial charge in [0.05, 0.1) is 18.8 Å². The zero-order valence-corrected chi connectivity index (χ0v) is 16.5. The maximum Gasteiger partial charge on any atom is 0.161 e. The van der Waals surface area contributed by atoms with Crippen LogP contribution < -0.4 is 9.47 Å². The van der Waals surface area contributed by atoms with E-state index in [-0.39, 0.29) is 0 Å². The van der Waals surface area contributed by atoms with E-state index in [1.807, 2.05) is 48.5 Å². The minimum Gasteiger partial charge on any atom is -0.493 e. The molecule has 0 atom stereocenters. The molecule has 0 aliphatic heterocycles. The van der Waals surface area contributed by atoms with E-state index in [9.17, 15) is 5.26 Å². The molecule has 0 aliphatic rings. The number of nitriles is 1. The van der Waals surface area contributed by atoms with Gasteiger partial charge in [-0.05, 0) is 42.3 Å². The first-order valence-corrected chi connectivity index (χ1v) is 9.21. The molecule has 0 fully saturated rings. The van der Waals surface area contributed by atoms with Crippen LogP contribution >= 0.6 is 11.6 Å². The van der Waals surface area contributed by atoms with Crippen LogP contribution in [0.5, 0.6) is 11.5 Å². The van der Waals surface area contributed by atoms with Gasteiger partial charge >= 0.3 is 0 Å². The highest BCUT2D eigenvalue weighted by Gasteiger charge is 2.09. The van der Waals surface area contributed by atoms with E-state index in [1.165, 1.54) is 5.56 Å². The maximum absolute atomic E-state index is 9.54. The van der Waals surface area contributed by atoms with E-state index < -0.39 is 0 Å². The summed E-state index contributed by atoms with van der Waals surface area (Å²) in [6.07, 6.45) is 1.79. The highest BCUT2D eigenvalue weighted by molar-refractivity contribution is 6.32. The molecule has 28 heavy (non-hydrogen) atoms. The molecule has 0 heterocycles. The molecule has 0 bridgehead atoms. The first kappa shape index (κ1) is 19.5. The number of aryl methyl sites for hydroxylation is 1. The van der Waals surface area contributed by atoms with Crippen LogP contribution in [0.15, 0.2) is 66.7 Å². The van der Waals surface area contributed by atoms with Crippen LogP contribution in [0.3, 0.4) is 0 Å². The summed E-state index contributed by atoms with van der Waals surface area (Å²) in [7, 11) is 1.60. The number of methoxy groups -OCH3 is 1. The van der Waals surface area contributed by atoms with E-state index in [2.05, 4.69) is 25.1 Å². The lowest BCUT2D eigenvalue weighted by atomic mass is 10.0. The predicted octanol–water partition coefficient (Wildman–Crippen LogP) is 6.30. The minimum atomic E-state index is 0.453. The van der Waals surface area contributed by atoms with Gasteiger partial charge in [-0.1, -0.05) is 65.7 Å². The van der Waals surface area contributed by atoms with Gasteiger partial charge < -0.3 is 9.47 Å². The molecule has 0 N–H and O–H groups in total. The molecule has 0 radical (unpaired) electrons. The Labute approximate surface area is 170 Å². The van der Waals surface area contributed by atoms with Gasteiger partial charge in [0.25, 0.3) is 0 Å². The second-order valence-corrected chi connectivity index (χ2v) is 6.74. The Bertz CT molecular complexity index is 1030. The Balaban J connectivity index is 1.83. The van der Waals surface area contributed by atoms with Gasteiger partial charge in [-0.15, -0.1) is 0 Å². The second-order valence-electron chi connectivity index (χ2n) is 6.33. The summed E-state index contributed by atoms with van der Waals surface area (Å²) in [4.78, 5) is 0. The largest absolute Gasteiger partial charge is 0.493 e. The number of rotatable bonds is 6. The average Bonchev–Trinajstić information content (AvgIpc) is 2.72. The molecule has 0 unspecified atom stereocenters. The molecule has 0 aromatic heterocycles. The summed E-state index contributed by atoms with van der Waals surface area (Å²) in [5.74, 6) is 1.26. The van der Waals surface area contributed by atoms with Gasteiger partial charge in [-0.25, -0.2) is 0 Å². The lowest BCUT2D eigenvalue weighted by Gasteiger charge is -2.12. The third-order valence-electron chi connectivity index (χ3n) is 4.30. The van der Waals surface area contributed by atoms with Crippen LogP contribution in [0.1, 0.15) is 22.3 Å². The lowest BCUT2D eigenvalue weighted by Crippen LogP contribution is -1.98. The van der Waals surface area contributed by atoms with E-state index >= 15 is 0 Å². The zero-order valence-electron chi connectivity index (χ0n) is 15.8. The van der Waals surface area contributed by atoms with Crippen LogP contribution in [0, 0.1) is 18.3 Å². The lowest BCUT2D eigenvalue weighted by molar-refractivity contribution is 0.284. The molecule has 3 aromatic carbocycles. The van der Waals surface area contributed by atoms with Crippen LogP contribution in [0.4, 0.5) is 0 Å². The van der Waals surface area contributed by atoms with Gasteiger partial charge in [0, 0.05) is 10.6 Å². The van der Waals surface area contributed by atoms with E-state index in [0.717, 1.165) is 11.1 Å².